The van der Waals surface area contributed by atoms with Crippen LogP contribution in [0.15, 0.2) is 97.6 Å². The van der Waals surface area contributed by atoms with Gasteiger partial charge in [0.1, 0.15) is 0 Å². The van der Waals surface area contributed by atoms with E-state index >= 15 is 0 Å². The van der Waals surface area contributed by atoms with Crippen LogP contribution in [0.4, 0.5) is 0 Å². The van der Waals surface area contributed by atoms with Gasteiger partial charge in [0.05, 0.1) is 5.52 Å². The summed E-state index contributed by atoms with van der Waals surface area (Å²) in [7, 11) is 0. The SMILES string of the molecule is C=C/C(C)=C(\C=C)c1c(C)n(-c2ccccc2)c2c1ccc1ccccc12.CC. The van der Waals surface area contributed by atoms with Crippen LogP contribution in [0.25, 0.3) is 32.9 Å². The quantitative estimate of drug-likeness (QED) is 0.314. The van der Waals surface area contributed by atoms with E-state index in [0.29, 0.717) is 0 Å². The summed E-state index contributed by atoms with van der Waals surface area (Å²) in [6, 6.07) is 23.6. The van der Waals surface area contributed by atoms with E-state index in [9.17, 15) is 0 Å². The predicted octanol–water partition coefficient (Wildman–Crippen LogP) is 8.26. The highest BCUT2D eigenvalue weighted by Gasteiger charge is 2.19. The van der Waals surface area contributed by atoms with Gasteiger partial charge in [-0.3, -0.25) is 0 Å². The molecule has 1 aromatic heterocycles. The Morgan fingerprint density at radius 2 is 1.45 bits per heavy atom. The number of hydrogen-bond donors (Lipinski definition) is 0. The van der Waals surface area contributed by atoms with Crippen LogP contribution in [0.5, 0.6) is 0 Å². The van der Waals surface area contributed by atoms with Crippen LogP contribution in [0.1, 0.15) is 32.0 Å². The lowest BCUT2D eigenvalue weighted by Gasteiger charge is -2.11. The van der Waals surface area contributed by atoms with Gasteiger partial charge in [-0.25, -0.2) is 0 Å². The van der Waals surface area contributed by atoms with Crippen LogP contribution < -0.4 is 0 Å². The lowest BCUT2D eigenvalue weighted by atomic mass is 9.96. The van der Waals surface area contributed by atoms with E-state index < -0.39 is 0 Å². The molecule has 0 saturated carbocycles. The summed E-state index contributed by atoms with van der Waals surface area (Å²) >= 11 is 0. The van der Waals surface area contributed by atoms with Gasteiger partial charge in [-0.2, -0.15) is 0 Å². The molecule has 0 saturated heterocycles. The van der Waals surface area contributed by atoms with Gasteiger partial charge in [0.15, 0.2) is 0 Å². The smallest absolute Gasteiger partial charge is 0.0616 e. The summed E-state index contributed by atoms with van der Waals surface area (Å²) in [5.74, 6) is 0. The third kappa shape index (κ3) is 3.45. The van der Waals surface area contributed by atoms with Gasteiger partial charge < -0.3 is 4.57 Å². The van der Waals surface area contributed by atoms with Gasteiger partial charge in [-0.1, -0.05) is 93.8 Å². The summed E-state index contributed by atoms with van der Waals surface area (Å²) in [5.41, 5.74) is 7.12. The molecule has 0 amide bonds. The Morgan fingerprint density at radius 1 is 0.793 bits per heavy atom. The highest BCUT2D eigenvalue weighted by molar-refractivity contribution is 6.12. The molecule has 29 heavy (non-hydrogen) atoms. The van der Waals surface area contributed by atoms with Crippen molar-refractivity contribution in [3.8, 4) is 5.69 Å². The Balaban J connectivity index is 0.00000117. The first-order chi connectivity index (χ1) is 14.2. The second kappa shape index (κ2) is 8.79. The molecule has 0 bridgehead atoms. The van der Waals surface area contributed by atoms with Gasteiger partial charge in [0.2, 0.25) is 0 Å². The molecule has 1 heterocycles. The highest BCUT2D eigenvalue weighted by atomic mass is 15.0. The van der Waals surface area contributed by atoms with Gasteiger partial charge in [-0.15, -0.1) is 0 Å². The van der Waals surface area contributed by atoms with E-state index in [1.54, 1.807) is 0 Å². The molecule has 0 aliphatic heterocycles. The molecular weight excluding hydrogens is 350 g/mol. The van der Waals surface area contributed by atoms with Gasteiger partial charge >= 0.3 is 0 Å². The van der Waals surface area contributed by atoms with Crippen molar-refractivity contribution < 1.29 is 0 Å². The first kappa shape index (κ1) is 20.4. The lowest BCUT2D eigenvalue weighted by molar-refractivity contribution is 1.05. The van der Waals surface area contributed by atoms with Crippen LogP contribution in [-0.2, 0) is 0 Å². The number of rotatable bonds is 4. The minimum Gasteiger partial charge on any atom is -0.313 e. The molecule has 0 fully saturated rings. The van der Waals surface area contributed by atoms with Crippen molar-refractivity contribution >= 4 is 27.2 Å². The molecule has 0 aliphatic rings. The van der Waals surface area contributed by atoms with E-state index in [-0.39, 0.29) is 0 Å². The number of aromatic nitrogens is 1. The van der Waals surface area contributed by atoms with Crippen LogP contribution in [0, 0.1) is 6.92 Å². The van der Waals surface area contributed by atoms with Crippen molar-refractivity contribution in [2.75, 3.05) is 0 Å². The van der Waals surface area contributed by atoms with E-state index in [1.165, 1.54) is 38.6 Å². The first-order valence-electron chi connectivity index (χ1n) is 10.2. The number of para-hydroxylation sites is 1. The van der Waals surface area contributed by atoms with E-state index in [0.717, 1.165) is 11.1 Å². The van der Waals surface area contributed by atoms with Crippen molar-refractivity contribution in [3.05, 3.63) is 109 Å². The normalized spacial score (nSPS) is 11.6. The van der Waals surface area contributed by atoms with Crippen LogP contribution >= 0.6 is 0 Å². The standard InChI is InChI=1S/C26H23N.C2H6/c1-5-18(3)22(6-2)25-19(4)27(21-13-8-7-9-14-21)26-23-15-11-10-12-20(23)16-17-24(25)26;1-2/h5-17H,1-2H2,3-4H3;1-2H3/b22-18+;. The van der Waals surface area contributed by atoms with Gasteiger partial charge in [0.25, 0.3) is 0 Å². The molecule has 0 aliphatic carbocycles. The molecule has 0 N–H and O–H groups in total. The molecular formula is C28H29N. The summed E-state index contributed by atoms with van der Waals surface area (Å²) in [6.45, 7) is 16.3. The largest absolute Gasteiger partial charge is 0.313 e. The Morgan fingerprint density at radius 3 is 2.10 bits per heavy atom. The number of fused-ring (bicyclic) bond motifs is 3. The molecule has 0 atom stereocenters. The fourth-order valence-corrected chi connectivity index (χ4v) is 3.98. The fraction of sp³-hybridized carbons (Fsp3) is 0.143. The maximum absolute atomic E-state index is 4.08. The topological polar surface area (TPSA) is 4.93 Å². The number of allylic oxidation sites excluding steroid dienone is 4. The van der Waals surface area contributed by atoms with E-state index in [1.807, 2.05) is 26.0 Å². The van der Waals surface area contributed by atoms with Crippen LogP contribution in [0.2, 0.25) is 0 Å². The zero-order chi connectivity index (χ0) is 21.0. The Hall–Kier alpha value is -3.32. The van der Waals surface area contributed by atoms with Crippen molar-refractivity contribution in [3.63, 3.8) is 0 Å². The number of hydrogen-bond acceptors (Lipinski definition) is 0. The predicted molar refractivity (Wildman–Crippen MR) is 130 cm³/mol. The molecule has 146 valence electrons. The van der Waals surface area contributed by atoms with Crippen molar-refractivity contribution in [2.24, 2.45) is 0 Å². The Kier molecular flexibility index (Phi) is 6.19. The molecule has 4 rings (SSSR count). The van der Waals surface area contributed by atoms with Crippen LogP contribution in [0.3, 0.4) is 0 Å². The lowest BCUT2D eigenvalue weighted by Crippen LogP contribution is -1.97. The first-order valence-corrected chi connectivity index (χ1v) is 10.2. The minimum absolute atomic E-state index is 1.13. The third-order valence-electron chi connectivity index (χ3n) is 5.31. The Labute approximate surface area is 174 Å². The fourth-order valence-electron chi connectivity index (χ4n) is 3.98. The molecule has 0 unspecified atom stereocenters. The zero-order valence-corrected chi connectivity index (χ0v) is 17.9. The average Bonchev–Trinajstić information content (AvgIpc) is 3.08. The van der Waals surface area contributed by atoms with E-state index in [4.69, 9.17) is 0 Å². The zero-order valence-electron chi connectivity index (χ0n) is 17.9. The van der Waals surface area contributed by atoms with Crippen molar-refractivity contribution in [2.45, 2.75) is 27.7 Å². The molecule has 1 nitrogen and oxygen atoms in total. The van der Waals surface area contributed by atoms with Crippen molar-refractivity contribution in [1.82, 2.24) is 4.57 Å². The van der Waals surface area contributed by atoms with Gasteiger partial charge in [-0.05, 0) is 42.5 Å². The number of nitrogens with zero attached hydrogens (tertiary/aromatic N) is 1. The van der Waals surface area contributed by atoms with Gasteiger partial charge in [0, 0.05) is 27.7 Å². The maximum Gasteiger partial charge on any atom is 0.0616 e. The van der Waals surface area contributed by atoms with Crippen molar-refractivity contribution in [1.29, 1.82) is 0 Å². The molecule has 4 aromatic rings. The summed E-state index contributed by atoms with van der Waals surface area (Å²) in [6.07, 6.45) is 3.85. The minimum atomic E-state index is 1.13. The summed E-state index contributed by atoms with van der Waals surface area (Å²) in [4.78, 5) is 0. The molecule has 0 radical (unpaired) electrons. The molecule has 3 aromatic carbocycles. The maximum atomic E-state index is 4.08. The monoisotopic (exact) mass is 379 g/mol. The highest BCUT2D eigenvalue weighted by Crippen LogP contribution is 2.39. The number of benzene rings is 3. The molecule has 0 spiro atoms. The summed E-state index contributed by atoms with van der Waals surface area (Å²) < 4.78 is 2.37. The molecule has 1 heteroatoms. The average molecular weight is 380 g/mol. The Bertz CT molecular complexity index is 1200. The summed E-state index contributed by atoms with van der Waals surface area (Å²) in [5, 5.41) is 3.75. The third-order valence-corrected chi connectivity index (χ3v) is 5.31. The second-order valence-corrected chi connectivity index (χ2v) is 6.82. The van der Waals surface area contributed by atoms with E-state index in [2.05, 4.69) is 98.3 Å². The second-order valence-electron chi connectivity index (χ2n) is 6.82. The van der Waals surface area contributed by atoms with Crippen LogP contribution in [-0.4, -0.2) is 4.57 Å².